The topological polar surface area (TPSA) is 18.5 Å². The van der Waals surface area contributed by atoms with Gasteiger partial charge in [-0.15, -0.1) is 0 Å². The van der Waals surface area contributed by atoms with E-state index < -0.39 is 16.6 Å². The number of rotatable bonds is 10. The molecule has 0 aliphatic heterocycles. The molecule has 0 spiro atoms. The van der Waals surface area contributed by atoms with Gasteiger partial charge >= 0.3 is 0 Å². The summed E-state index contributed by atoms with van der Waals surface area (Å²) in [5.74, 6) is 1.08. The molecule has 0 saturated heterocycles. The van der Waals surface area contributed by atoms with E-state index in [9.17, 15) is 0 Å². The molecule has 0 aromatic heterocycles. The van der Waals surface area contributed by atoms with Crippen LogP contribution in [0, 0.1) is 0 Å². The lowest BCUT2D eigenvalue weighted by atomic mass is 10.1. The van der Waals surface area contributed by atoms with Crippen LogP contribution >= 0.6 is 0 Å². The van der Waals surface area contributed by atoms with Crippen LogP contribution in [0.2, 0.25) is 36.3 Å². The van der Waals surface area contributed by atoms with Crippen LogP contribution in [0.25, 0.3) is 0 Å². The largest absolute Gasteiger partial charge is 1.00 e. The predicted octanol–water partition coefficient (Wildman–Crippen LogP) is 4.97. The number of hydrogen-bond donors (Lipinski definition) is 0. The van der Waals surface area contributed by atoms with Gasteiger partial charge in [0.2, 0.25) is 8.32 Å². The van der Waals surface area contributed by atoms with Crippen LogP contribution in [0.1, 0.15) is 73.4 Å². The van der Waals surface area contributed by atoms with Crippen LogP contribution in [0.3, 0.4) is 0 Å². The van der Waals surface area contributed by atoms with Crippen LogP contribution in [-0.2, 0) is 17.6 Å². The lowest BCUT2D eigenvalue weighted by molar-refractivity contribution is -0.936. The molecular formula is C26H52BrNO2Si2. The molecule has 6 heteroatoms. The third kappa shape index (κ3) is 7.97. The maximum Gasteiger partial charge on any atom is 0.250 e. The second-order valence-corrected chi connectivity index (χ2v) is 21.8. The minimum absolute atomic E-state index is 0. The lowest BCUT2D eigenvalue weighted by Gasteiger charge is -2.39. The Kier molecular flexibility index (Phi) is 11.5. The number of nitrogens with zero attached hydrogens (tertiary/aromatic N) is 1. The Morgan fingerprint density at radius 1 is 0.781 bits per heavy atom. The zero-order chi connectivity index (χ0) is 24.3. The summed E-state index contributed by atoms with van der Waals surface area (Å²) in [6.07, 6.45) is 0. The van der Waals surface area contributed by atoms with Crippen molar-refractivity contribution in [1.82, 2.24) is 0 Å². The minimum atomic E-state index is -1.93. The molecule has 0 bridgehead atoms. The van der Waals surface area contributed by atoms with Crippen molar-refractivity contribution >= 4 is 16.6 Å². The van der Waals surface area contributed by atoms with Gasteiger partial charge in [-0.1, -0.05) is 47.6 Å². The zero-order valence-corrected chi connectivity index (χ0v) is 27.0. The maximum absolute atomic E-state index is 6.90. The van der Waals surface area contributed by atoms with Crippen molar-refractivity contribution in [3.63, 3.8) is 0 Å². The molecule has 32 heavy (non-hydrogen) atoms. The first-order valence-electron chi connectivity index (χ1n) is 12.2. The average molecular weight is 547 g/mol. The van der Waals surface area contributed by atoms with Crippen LogP contribution in [0.5, 0.6) is 5.75 Å². The summed E-state index contributed by atoms with van der Waals surface area (Å²) in [6, 6.07) is 6.84. The molecule has 0 heterocycles. The summed E-state index contributed by atoms with van der Waals surface area (Å²) in [4.78, 5) is 0. The van der Waals surface area contributed by atoms with E-state index in [2.05, 4.69) is 107 Å². The van der Waals surface area contributed by atoms with E-state index in [1.54, 1.807) is 0 Å². The number of benzene rings is 1. The van der Waals surface area contributed by atoms with Crippen molar-refractivity contribution in [3.8, 4) is 5.75 Å². The fourth-order valence-electron chi connectivity index (χ4n) is 3.19. The van der Waals surface area contributed by atoms with Crippen molar-refractivity contribution in [2.45, 2.75) is 112 Å². The summed E-state index contributed by atoms with van der Waals surface area (Å²) >= 11 is 0. The van der Waals surface area contributed by atoms with Crippen molar-refractivity contribution < 1.29 is 30.3 Å². The van der Waals surface area contributed by atoms with Gasteiger partial charge in [0.15, 0.2) is 8.32 Å². The molecule has 1 aromatic carbocycles. The first-order valence-corrected chi connectivity index (χ1v) is 18.0. The molecule has 0 N–H and O–H groups in total. The van der Waals surface area contributed by atoms with E-state index >= 15 is 0 Å². The Morgan fingerprint density at radius 3 is 1.66 bits per heavy atom. The molecule has 0 atom stereocenters. The van der Waals surface area contributed by atoms with Crippen LogP contribution in [-0.4, -0.2) is 40.8 Å². The van der Waals surface area contributed by atoms with Crippen molar-refractivity contribution in [2.75, 3.05) is 19.6 Å². The summed E-state index contributed by atoms with van der Waals surface area (Å²) in [6.45, 7) is 35.2. The maximum atomic E-state index is 6.90. The minimum Gasteiger partial charge on any atom is -1.00 e. The highest BCUT2D eigenvalue weighted by atomic mass is 79.9. The standard InChI is InChI=1S/C26H52NO2Si2.BrH/c1-14-27(15-2,16-3)20-23-18-17-22(21-28-30(10,11)25(4,5)6)19-24(23)29-31(12,13)26(7,8)9;/h17-19H,14-16,20-21H2,1-13H3;1H/q+1;/p-1. The van der Waals surface area contributed by atoms with Gasteiger partial charge in [-0.05, 0) is 74.7 Å². The van der Waals surface area contributed by atoms with Gasteiger partial charge in [0, 0.05) is 5.56 Å². The normalized spacial score (nSPS) is 13.7. The van der Waals surface area contributed by atoms with Gasteiger partial charge in [0.05, 0.1) is 26.2 Å². The highest BCUT2D eigenvalue weighted by Crippen LogP contribution is 2.40. The number of quaternary nitrogens is 1. The summed E-state index contributed by atoms with van der Waals surface area (Å²) in [5.41, 5.74) is 2.57. The average Bonchev–Trinajstić information content (AvgIpc) is 2.64. The zero-order valence-electron chi connectivity index (χ0n) is 23.4. The van der Waals surface area contributed by atoms with Gasteiger partial charge < -0.3 is 30.3 Å². The molecule has 0 aliphatic rings. The van der Waals surface area contributed by atoms with Gasteiger partial charge in [-0.25, -0.2) is 0 Å². The molecule has 0 amide bonds. The molecular weight excluding hydrogens is 494 g/mol. The van der Waals surface area contributed by atoms with E-state index in [1.807, 2.05) is 0 Å². The molecule has 0 fully saturated rings. The highest BCUT2D eigenvalue weighted by molar-refractivity contribution is 6.75. The first kappa shape index (κ1) is 31.9. The molecule has 188 valence electrons. The van der Waals surface area contributed by atoms with Crippen LogP contribution in [0.4, 0.5) is 0 Å². The molecule has 0 saturated carbocycles. The Morgan fingerprint density at radius 2 is 1.25 bits per heavy atom. The predicted molar refractivity (Wildman–Crippen MR) is 142 cm³/mol. The van der Waals surface area contributed by atoms with Crippen LogP contribution < -0.4 is 21.4 Å². The summed E-state index contributed by atoms with van der Waals surface area (Å²) in [5, 5.41) is 0.387. The first-order chi connectivity index (χ1) is 13.9. The second-order valence-electron chi connectivity index (χ2n) is 12.3. The number of hydrogen-bond acceptors (Lipinski definition) is 2. The molecule has 0 radical (unpaired) electrons. The lowest BCUT2D eigenvalue weighted by Crippen LogP contribution is -3.00. The Balaban J connectivity index is 0.00000961. The van der Waals surface area contributed by atoms with E-state index in [0.717, 1.165) is 36.4 Å². The summed E-state index contributed by atoms with van der Waals surface area (Å²) in [7, 11) is -3.72. The number of halogens is 1. The molecule has 3 nitrogen and oxygen atoms in total. The smallest absolute Gasteiger partial charge is 0.250 e. The third-order valence-corrected chi connectivity index (χ3v) is 17.0. The van der Waals surface area contributed by atoms with E-state index in [0.29, 0.717) is 6.61 Å². The van der Waals surface area contributed by atoms with E-state index in [4.69, 9.17) is 8.85 Å². The van der Waals surface area contributed by atoms with E-state index in [1.165, 1.54) is 11.1 Å². The Bertz CT molecular complexity index is 709. The molecule has 0 aliphatic carbocycles. The fraction of sp³-hybridized carbons (Fsp3) is 0.769. The van der Waals surface area contributed by atoms with Crippen molar-refractivity contribution in [2.24, 2.45) is 0 Å². The molecule has 1 aromatic rings. The monoisotopic (exact) mass is 545 g/mol. The van der Waals surface area contributed by atoms with Gasteiger partial charge in [0.1, 0.15) is 12.3 Å². The van der Waals surface area contributed by atoms with Gasteiger partial charge in [-0.2, -0.15) is 0 Å². The SMILES string of the molecule is CC[N+](CC)(CC)Cc1ccc(CO[Si](C)(C)C(C)(C)C)cc1O[Si](C)(C)C(C)(C)C.[Br-]. The Labute approximate surface area is 212 Å². The van der Waals surface area contributed by atoms with E-state index in [-0.39, 0.29) is 27.1 Å². The third-order valence-electron chi connectivity index (χ3n) is 8.23. The Hall–Kier alpha value is -0.146. The van der Waals surface area contributed by atoms with Crippen molar-refractivity contribution in [3.05, 3.63) is 29.3 Å². The molecule has 1 rings (SSSR count). The fourth-order valence-corrected chi connectivity index (χ4v) is 5.20. The van der Waals surface area contributed by atoms with Crippen molar-refractivity contribution in [1.29, 1.82) is 0 Å². The van der Waals surface area contributed by atoms with Gasteiger partial charge in [-0.3, -0.25) is 0 Å². The van der Waals surface area contributed by atoms with Crippen LogP contribution in [0.15, 0.2) is 18.2 Å². The molecule has 0 unspecified atom stereocenters. The summed E-state index contributed by atoms with van der Waals surface area (Å²) < 4.78 is 14.5. The van der Waals surface area contributed by atoms with Gasteiger partial charge in [0.25, 0.3) is 0 Å². The highest BCUT2D eigenvalue weighted by Gasteiger charge is 2.40. The quantitative estimate of drug-likeness (QED) is 0.305. The second kappa shape index (κ2) is 11.5.